The van der Waals surface area contributed by atoms with E-state index in [-0.39, 0.29) is 23.9 Å². The van der Waals surface area contributed by atoms with E-state index >= 15 is 0 Å². The molecule has 2 aromatic rings. The number of amides is 1. The molecule has 0 radical (unpaired) electrons. The lowest BCUT2D eigenvalue weighted by Gasteiger charge is -2.44. The average Bonchev–Trinajstić information content (AvgIpc) is 2.81. The second kappa shape index (κ2) is 13.3. The van der Waals surface area contributed by atoms with Gasteiger partial charge in [-0.1, -0.05) is 67.4 Å². The summed E-state index contributed by atoms with van der Waals surface area (Å²) in [6, 6.07) is 17.5. The van der Waals surface area contributed by atoms with E-state index < -0.39 is 0 Å². The molecular weight excluding hydrogens is 445 g/mol. The van der Waals surface area contributed by atoms with Crippen LogP contribution >= 0.6 is 23.2 Å². The van der Waals surface area contributed by atoms with E-state index in [9.17, 15) is 4.79 Å². The van der Waals surface area contributed by atoms with Crippen LogP contribution in [-0.4, -0.2) is 22.7 Å². The molecule has 1 amide bonds. The number of nitrogens with one attached hydrogen (secondary N) is 1. The molecule has 0 bridgehead atoms. The van der Waals surface area contributed by atoms with Gasteiger partial charge in [0.15, 0.2) is 0 Å². The van der Waals surface area contributed by atoms with Gasteiger partial charge >= 0.3 is 0 Å². The maximum Gasteiger partial charge on any atom is 0.226 e. The van der Waals surface area contributed by atoms with Crippen LogP contribution in [0, 0.1) is 5.92 Å². The predicted octanol–water partition coefficient (Wildman–Crippen LogP) is 5.27. The molecule has 5 N–H and O–H groups in total. The molecule has 0 aromatic heterocycles. The molecule has 1 aliphatic rings. The lowest BCUT2D eigenvalue weighted by atomic mass is 9.84. The van der Waals surface area contributed by atoms with Gasteiger partial charge in [0.2, 0.25) is 5.91 Å². The second-order valence-electron chi connectivity index (χ2n) is 7.78. The summed E-state index contributed by atoms with van der Waals surface area (Å²) in [6.07, 6.45) is 3.97. The smallest absolute Gasteiger partial charge is 0.226 e. The molecule has 2 atom stereocenters. The molecule has 1 saturated heterocycles. The summed E-state index contributed by atoms with van der Waals surface area (Å²) in [5.41, 5.74) is 3.61. The first kappa shape index (κ1) is 26.0. The highest BCUT2D eigenvalue weighted by molar-refractivity contribution is 6.30. The maximum atomic E-state index is 13.2. The Kier molecular flexibility index (Phi) is 10.8. The normalized spacial score (nSPS) is 18.9. The number of nitrogens with zero attached hydrogens (tertiary/aromatic N) is 2. The number of carbonyl (C=O) groups is 1. The molecule has 1 heterocycles. The number of hydrogen-bond donors (Lipinski definition) is 3. The second-order valence-corrected chi connectivity index (χ2v) is 8.65. The highest BCUT2D eigenvalue weighted by Crippen LogP contribution is 2.38. The molecule has 6 nitrogen and oxygen atoms in total. The minimum absolute atomic E-state index is 0.0787. The summed E-state index contributed by atoms with van der Waals surface area (Å²) >= 11 is 11.6. The van der Waals surface area contributed by atoms with E-state index in [1.165, 1.54) is 0 Å². The van der Waals surface area contributed by atoms with Crippen LogP contribution in [-0.2, 0) is 4.79 Å². The lowest BCUT2D eigenvalue weighted by molar-refractivity contribution is -0.145. The molecule has 32 heavy (non-hydrogen) atoms. The number of piperidine rings is 1. The van der Waals surface area contributed by atoms with Gasteiger partial charge < -0.3 is 16.2 Å². The van der Waals surface area contributed by atoms with Crippen molar-refractivity contribution in [3.05, 3.63) is 70.2 Å². The number of hydrogen-bond acceptors (Lipinski definition) is 4. The number of nitrogens with two attached hydrogens (primary N) is 2. The van der Waals surface area contributed by atoms with Crippen molar-refractivity contribution in [2.75, 3.05) is 0 Å². The van der Waals surface area contributed by atoms with E-state index in [4.69, 9.17) is 34.9 Å². The zero-order chi connectivity index (χ0) is 23.5. The van der Waals surface area contributed by atoms with Gasteiger partial charge in [0.1, 0.15) is 5.84 Å². The van der Waals surface area contributed by atoms with Crippen LogP contribution in [0.5, 0.6) is 0 Å². The standard InChI is InChI=1S/C18H28ClN5O.C6H5Cl/c1-3-15(4-2)24-16(12-5-8-14(19)9-6-12)10-7-13(18(24)25)11-17(22-20)23-21;7-6-4-2-1-3-5-6/h5-6,8-9,13,15-16H,3-4,7,10-11,20-21H2,1-2H3,(H,22,23);1-5H. The van der Waals surface area contributed by atoms with Crippen molar-refractivity contribution >= 4 is 34.9 Å². The van der Waals surface area contributed by atoms with E-state index in [2.05, 4.69) is 29.3 Å². The molecule has 8 heteroatoms. The van der Waals surface area contributed by atoms with Gasteiger partial charge in [-0.25, -0.2) is 5.84 Å². The zero-order valence-electron chi connectivity index (χ0n) is 18.7. The fourth-order valence-electron chi connectivity index (χ4n) is 4.10. The molecule has 1 fully saturated rings. The van der Waals surface area contributed by atoms with Gasteiger partial charge in [-0.2, -0.15) is 5.10 Å². The van der Waals surface area contributed by atoms with Crippen LogP contribution in [0.4, 0.5) is 0 Å². The molecule has 2 aromatic carbocycles. The van der Waals surface area contributed by atoms with Gasteiger partial charge in [0, 0.05) is 28.4 Å². The number of hydrazine groups is 1. The summed E-state index contributed by atoms with van der Waals surface area (Å²) in [6.45, 7) is 4.25. The van der Waals surface area contributed by atoms with Crippen molar-refractivity contribution in [2.24, 2.45) is 22.7 Å². The first-order valence-electron chi connectivity index (χ1n) is 11.0. The van der Waals surface area contributed by atoms with Crippen LogP contribution in [0.1, 0.15) is 57.6 Å². The molecule has 0 aliphatic carbocycles. The van der Waals surface area contributed by atoms with Gasteiger partial charge in [0.05, 0.1) is 6.04 Å². The molecule has 2 unspecified atom stereocenters. The van der Waals surface area contributed by atoms with E-state index in [1.807, 2.05) is 54.6 Å². The molecule has 3 rings (SSSR count). The molecular formula is C24H33Cl2N5O. The van der Waals surface area contributed by atoms with Gasteiger partial charge in [0.25, 0.3) is 0 Å². The number of hydrazone groups is 1. The number of rotatable bonds is 6. The Morgan fingerprint density at radius 3 is 2.12 bits per heavy atom. The van der Waals surface area contributed by atoms with Crippen molar-refractivity contribution in [1.82, 2.24) is 10.3 Å². The lowest BCUT2D eigenvalue weighted by Crippen LogP contribution is -2.49. The summed E-state index contributed by atoms with van der Waals surface area (Å²) in [5.74, 6) is 11.2. The Morgan fingerprint density at radius 1 is 1.06 bits per heavy atom. The van der Waals surface area contributed by atoms with Gasteiger partial charge in [-0.05, 0) is 55.5 Å². The Morgan fingerprint density at radius 2 is 1.66 bits per heavy atom. The van der Waals surface area contributed by atoms with E-state index in [0.717, 1.165) is 36.3 Å². The SMILES string of the molecule is CCC(CC)N1C(=O)C(C/C(=N/N)NN)CCC1c1ccc(Cl)cc1.Clc1ccccc1. The maximum absolute atomic E-state index is 13.2. The third-order valence-electron chi connectivity index (χ3n) is 5.81. The highest BCUT2D eigenvalue weighted by Gasteiger charge is 2.39. The minimum Gasteiger partial charge on any atom is -0.332 e. The monoisotopic (exact) mass is 477 g/mol. The van der Waals surface area contributed by atoms with Crippen LogP contribution in [0.2, 0.25) is 10.0 Å². The summed E-state index contributed by atoms with van der Waals surface area (Å²) < 4.78 is 0. The van der Waals surface area contributed by atoms with Crippen molar-refractivity contribution in [3.63, 3.8) is 0 Å². The van der Waals surface area contributed by atoms with Gasteiger partial charge in [-0.3, -0.25) is 4.79 Å². The number of likely N-dealkylation sites (tertiary alicyclic amines) is 1. The highest BCUT2D eigenvalue weighted by atomic mass is 35.5. The van der Waals surface area contributed by atoms with Crippen LogP contribution < -0.4 is 17.1 Å². The molecule has 0 saturated carbocycles. The third-order valence-corrected chi connectivity index (χ3v) is 6.32. The van der Waals surface area contributed by atoms with Crippen LogP contribution in [0.15, 0.2) is 59.7 Å². The van der Waals surface area contributed by atoms with E-state index in [1.54, 1.807) is 0 Å². The fourth-order valence-corrected chi connectivity index (χ4v) is 4.37. The van der Waals surface area contributed by atoms with E-state index in [0.29, 0.717) is 17.3 Å². The Bertz CT molecular complexity index is 856. The molecule has 1 aliphatic heterocycles. The first-order chi connectivity index (χ1) is 15.4. The summed E-state index contributed by atoms with van der Waals surface area (Å²) in [7, 11) is 0. The summed E-state index contributed by atoms with van der Waals surface area (Å²) in [4.78, 5) is 15.3. The molecule has 0 spiro atoms. The fraction of sp³-hybridized carbons (Fsp3) is 0.417. The number of amidine groups is 1. The Balaban J connectivity index is 0.000000439. The van der Waals surface area contributed by atoms with Crippen molar-refractivity contribution in [2.45, 2.75) is 58.0 Å². The first-order valence-corrected chi connectivity index (χ1v) is 11.7. The number of carbonyl (C=O) groups excluding carboxylic acids is 1. The average molecular weight is 478 g/mol. The number of halogens is 2. The Labute approximate surface area is 200 Å². The predicted molar refractivity (Wildman–Crippen MR) is 133 cm³/mol. The van der Waals surface area contributed by atoms with Crippen LogP contribution in [0.3, 0.4) is 0 Å². The van der Waals surface area contributed by atoms with Crippen molar-refractivity contribution in [1.29, 1.82) is 0 Å². The minimum atomic E-state index is -0.150. The Hall–Kier alpha value is -2.28. The zero-order valence-corrected chi connectivity index (χ0v) is 20.2. The summed E-state index contributed by atoms with van der Waals surface area (Å²) in [5, 5.41) is 5.13. The topological polar surface area (TPSA) is 96.7 Å². The van der Waals surface area contributed by atoms with Crippen molar-refractivity contribution < 1.29 is 4.79 Å². The van der Waals surface area contributed by atoms with Crippen molar-refractivity contribution in [3.8, 4) is 0 Å². The molecule has 174 valence electrons. The largest absolute Gasteiger partial charge is 0.332 e. The van der Waals surface area contributed by atoms with Crippen LogP contribution in [0.25, 0.3) is 0 Å². The van der Waals surface area contributed by atoms with Gasteiger partial charge in [-0.15, -0.1) is 0 Å². The third kappa shape index (κ3) is 7.12. The number of benzene rings is 2. The quantitative estimate of drug-likeness (QED) is 0.228.